The van der Waals surface area contributed by atoms with Crippen LogP contribution in [0.5, 0.6) is 0 Å². The minimum absolute atomic E-state index is 0.0205. The molecule has 2 bridgehead atoms. The first-order valence-electron chi connectivity index (χ1n) is 21.2. The number of fused-ring (bicyclic) bond motifs is 2. The fourth-order valence-corrected chi connectivity index (χ4v) is 10.7. The van der Waals surface area contributed by atoms with Crippen LogP contribution in [0.3, 0.4) is 0 Å². The average molecular weight is 800 g/mol. The molecule has 7 aliphatic rings. The molecule has 0 aromatic heterocycles. The van der Waals surface area contributed by atoms with Crippen molar-refractivity contribution in [3.05, 3.63) is 47.1 Å². The van der Waals surface area contributed by atoms with Crippen molar-refractivity contribution in [1.29, 1.82) is 0 Å². The summed E-state index contributed by atoms with van der Waals surface area (Å²) in [5.41, 5.74) is 0.267. The lowest BCUT2D eigenvalue weighted by Crippen LogP contribution is -2.60. The molecule has 1 saturated carbocycles. The first-order valence-corrected chi connectivity index (χ1v) is 21.2. The van der Waals surface area contributed by atoms with Crippen molar-refractivity contribution < 1.29 is 58.1 Å². The van der Waals surface area contributed by atoms with Crippen LogP contribution in [0.15, 0.2) is 52.3 Å². The second-order valence-corrected chi connectivity index (χ2v) is 17.7. The summed E-state index contributed by atoms with van der Waals surface area (Å²) in [7, 11) is 3.33. The van der Waals surface area contributed by atoms with E-state index in [1.807, 2.05) is 26.0 Å². The molecule has 0 aromatic carbocycles. The zero-order valence-electron chi connectivity index (χ0n) is 34.7. The summed E-state index contributed by atoms with van der Waals surface area (Å²) in [5, 5.41) is 36.8. The van der Waals surface area contributed by atoms with Crippen molar-refractivity contribution in [1.82, 2.24) is 0 Å². The predicted octanol–water partition coefficient (Wildman–Crippen LogP) is 5.69. The molecule has 2 aliphatic carbocycles. The van der Waals surface area contributed by atoms with Gasteiger partial charge >= 0.3 is 5.97 Å². The molecule has 15 atom stereocenters. The molecular formula is C44H65NO12. The van der Waals surface area contributed by atoms with Gasteiger partial charge in [-0.1, -0.05) is 68.6 Å². The van der Waals surface area contributed by atoms with Gasteiger partial charge in [0.1, 0.15) is 35.5 Å². The van der Waals surface area contributed by atoms with Crippen LogP contribution >= 0.6 is 0 Å². The van der Waals surface area contributed by atoms with Crippen molar-refractivity contribution in [2.24, 2.45) is 28.8 Å². The third-order valence-corrected chi connectivity index (χ3v) is 13.9. The van der Waals surface area contributed by atoms with E-state index < -0.39 is 66.2 Å². The summed E-state index contributed by atoms with van der Waals surface area (Å²) in [6.45, 7) is 9.87. The van der Waals surface area contributed by atoms with Crippen LogP contribution in [0.25, 0.3) is 0 Å². The SMILES string of the molecule is CO[C@H]1C[C@]2(C[C@@H]3C[C@@H](C/C=C(\C)[C@@H](O[C@H]4C[C@H](OC)[C@@H](O)[C@H](C)O4)[C@@H](C)/C=C/C=C4\CO[C@@H]5/C(=N/O)C(C)=C[C@@H](C(=O)O3)[C@]45O)O2)O[C@H](C2CCCCC2)[C@H]1C. The van der Waals surface area contributed by atoms with Crippen molar-refractivity contribution in [3.63, 3.8) is 0 Å². The smallest absolute Gasteiger partial charge is 0.316 e. The number of methoxy groups -OCH3 is 2. The van der Waals surface area contributed by atoms with E-state index >= 15 is 0 Å². The molecule has 0 radical (unpaired) electrons. The van der Waals surface area contributed by atoms with Crippen LogP contribution in [-0.2, 0) is 42.7 Å². The van der Waals surface area contributed by atoms with Gasteiger partial charge in [0.2, 0.25) is 0 Å². The van der Waals surface area contributed by atoms with Gasteiger partial charge in [0.05, 0.1) is 43.2 Å². The topological polar surface area (TPSA) is 164 Å². The third kappa shape index (κ3) is 8.48. The van der Waals surface area contributed by atoms with E-state index in [0.29, 0.717) is 49.2 Å². The van der Waals surface area contributed by atoms with Gasteiger partial charge in [-0.25, -0.2) is 0 Å². The van der Waals surface area contributed by atoms with Gasteiger partial charge < -0.3 is 53.3 Å². The fourth-order valence-electron chi connectivity index (χ4n) is 10.7. The Bertz CT molecular complexity index is 1600. The predicted molar refractivity (Wildman–Crippen MR) is 209 cm³/mol. The number of oxime groups is 1. The number of carbonyl (C=O) groups excluding carboxylic acids is 1. The molecule has 13 heteroatoms. The van der Waals surface area contributed by atoms with Crippen LogP contribution in [-0.4, -0.2) is 121 Å². The molecule has 0 unspecified atom stereocenters. The number of aliphatic hydroxyl groups is 2. The van der Waals surface area contributed by atoms with Crippen molar-refractivity contribution in [3.8, 4) is 0 Å². The lowest BCUT2D eigenvalue weighted by Gasteiger charge is -2.53. The van der Waals surface area contributed by atoms with Gasteiger partial charge in [-0.05, 0) is 62.7 Å². The summed E-state index contributed by atoms with van der Waals surface area (Å²) in [6, 6.07) is 0. The quantitative estimate of drug-likeness (QED) is 0.135. The molecule has 3 N–H and O–H groups in total. The molecular weight excluding hydrogens is 734 g/mol. The normalized spacial score (nSPS) is 47.9. The molecule has 0 aromatic rings. The van der Waals surface area contributed by atoms with Crippen molar-refractivity contribution in [2.75, 3.05) is 20.8 Å². The zero-order chi connectivity index (χ0) is 40.6. The minimum atomic E-state index is -1.86. The van der Waals surface area contributed by atoms with Gasteiger partial charge in [-0.3, -0.25) is 4.79 Å². The Balaban J connectivity index is 1.27. The Kier molecular flexibility index (Phi) is 13.2. The molecule has 13 nitrogen and oxygen atoms in total. The Morgan fingerprint density at radius 2 is 1.72 bits per heavy atom. The lowest BCUT2D eigenvalue weighted by atomic mass is 9.71. The standard InChI is InChI=1S/C44H65NO12/c1-24-12-11-15-30-23-52-41-37(45-49)26(3)18-33(44(30,41)48)42(47)54-32-19-31(17-16-25(2)39(24)55-36-20-34(50-6)38(46)28(5)53-36)56-43(21-32)22-35(51-7)27(4)40(57-43)29-13-9-8-10-14-29/h11-12,15-16,18,24,27-29,31-36,38-41,46,48-49H,8-10,13-14,17,19-23H2,1-7H3/b12-11+,25-16+,30-15+,45-37+/t24-,27-,28-,31+,32-,33-,34-,35-,36-,38-,39-,40-,41+,43-,44+/m0/s1. The fraction of sp³-hybridized carbons (Fsp3) is 0.773. The number of rotatable bonds is 5. The highest BCUT2D eigenvalue weighted by molar-refractivity contribution is 6.06. The van der Waals surface area contributed by atoms with Crippen LogP contribution in [0.1, 0.15) is 98.8 Å². The maximum absolute atomic E-state index is 14.5. The van der Waals surface area contributed by atoms with Crippen LogP contribution < -0.4 is 0 Å². The third-order valence-electron chi connectivity index (χ3n) is 13.9. The summed E-state index contributed by atoms with van der Waals surface area (Å²) in [4.78, 5) is 14.5. The van der Waals surface area contributed by atoms with E-state index in [4.69, 9.17) is 37.9 Å². The second-order valence-electron chi connectivity index (χ2n) is 17.7. The summed E-state index contributed by atoms with van der Waals surface area (Å²) < 4.78 is 51.4. The van der Waals surface area contributed by atoms with Crippen LogP contribution in [0.2, 0.25) is 0 Å². The zero-order valence-corrected chi connectivity index (χ0v) is 34.7. The van der Waals surface area contributed by atoms with E-state index in [-0.39, 0.29) is 42.5 Å². The van der Waals surface area contributed by atoms with E-state index in [9.17, 15) is 20.2 Å². The number of esters is 1. The molecule has 5 aliphatic heterocycles. The molecule has 57 heavy (non-hydrogen) atoms. The highest BCUT2D eigenvalue weighted by Crippen LogP contribution is 2.49. The first kappa shape index (κ1) is 42.7. The monoisotopic (exact) mass is 799 g/mol. The molecule has 1 spiro atoms. The summed E-state index contributed by atoms with van der Waals surface area (Å²) in [6.07, 6.45) is 12.3. The van der Waals surface area contributed by atoms with Crippen LogP contribution in [0.4, 0.5) is 0 Å². The number of allylic oxidation sites excluding steroid dienone is 2. The summed E-state index contributed by atoms with van der Waals surface area (Å²) in [5.74, 6) is -2.40. The number of nitrogens with zero attached hydrogens (tertiary/aromatic N) is 1. The minimum Gasteiger partial charge on any atom is -0.462 e. The highest BCUT2D eigenvalue weighted by Gasteiger charge is 2.60. The Hall–Kier alpha value is -2.46. The number of carbonyl (C=O) groups is 1. The molecule has 5 fully saturated rings. The van der Waals surface area contributed by atoms with E-state index in [2.05, 4.69) is 25.1 Å². The van der Waals surface area contributed by atoms with Crippen LogP contribution in [0, 0.1) is 23.7 Å². The first-order chi connectivity index (χ1) is 27.3. The Morgan fingerprint density at radius 1 is 0.965 bits per heavy atom. The largest absolute Gasteiger partial charge is 0.462 e. The molecule has 0 amide bonds. The van der Waals surface area contributed by atoms with Gasteiger partial charge in [-0.15, -0.1) is 0 Å². The second kappa shape index (κ2) is 17.6. The highest BCUT2D eigenvalue weighted by atomic mass is 16.7. The van der Waals surface area contributed by atoms with E-state index in [0.717, 1.165) is 18.4 Å². The Labute approximate surface area is 337 Å². The Morgan fingerprint density at radius 3 is 2.44 bits per heavy atom. The van der Waals surface area contributed by atoms with Gasteiger partial charge in [-0.2, -0.15) is 0 Å². The van der Waals surface area contributed by atoms with Crippen molar-refractivity contribution in [2.45, 2.75) is 171 Å². The van der Waals surface area contributed by atoms with Gasteiger partial charge in [0, 0.05) is 51.7 Å². The molecule has 4 saturated heterocycles. The lowest BCUT2D eigenvalue weighted by molar-refractivity contribution is -0.357. The maximum Gasteiger partial charge on any atom is 0.316 e. The summed E-state index contributed by atoms with van der Waals surface area (Å²) >= 11 is 0. The number of hydrogen-bond donors (Lipinski definition) is 3. The number of ether oxygens (including phenoxy) is 8. The van der Waals surface area contributed by atoms with Crippen molar-refractivity contribution >= 4 is 11.7 Å². The molecule has 7 rings (SSSR count). The van der Waals surface area contributed by atoms with Gasteiger partial charge in [0.15, 0.2) is 12.1 Å². The van der Waals surface area contributed by atoms with Gasteiger partial charge in [0.25, 0.3) is 0 Å². The molecule has 5 heterocycles. The number of hydrogen-bond acceptors (Lipinski definition) is 13. The number of aliphatic hydroxyl groups excluding tert-OH is 1. The average Bonchev–Trinajstić information content (AvgIpc) is 3.53. The van der Waals surface area contributed by atoms with E-state index in [1.54, 1.807) is 33.3 Å². The van der Waals surface area contributed by atoms with E-state index in [1.165, 1.54) is 19.3 Å². The molecule has 318 valence electrons. The maximum atomic E-state index is 14.5.